The van der Waals surface area contributed by atoms with Crippen molar-refractivity contribution in [2.75, 3.05) is 0 Å². The Bertz CT molecular complexity index is 359. The lowest BCUT2D eigenvalue weighted by atomic mass is 10.1. The van der Waals surface area contributed by atoms with E-state index in [2.05, 4.69) is 20.9 Å². The van der Waals surface area contributed by atoms with Gasteiger partial charge in [0.05, 0.1) is 12.7 Å². The summed E-state index contributed by atoms with van der Waals surface area (Å²) < 4.78 is 6.92. The van der Waals surface area contributed by atoms with Crippen LogP contribution in [-0.2, 0) is 11.3 Å². The highest BCUT2D eigenvalue weighted by Gasteiger charge is 2.20. The molecule has 0 spiro atoms. The van der Waals surface area contributed by atoms with Crippen molar-refractivity contribution in [3.8, 4) is 0 Å². The molecule has 1 saturated carbocycles. The number of ether oxygens (including phenoxy) is 1. The van der Waals surface area contributed by atoms with Crippen LogP contribution in [0, 0.1) is 0 Å². The van der Waals surface area contributed by atoms with Gasteiger partial charge in [-0.05, 0) is 40.4 Å². The Morgan fingerprint density at radius 3 is 2.94 bits per heavy atom. The monoisotopic (exact) mass is 298 g/mol. The van der Waals surface area contributed by atoms with Gasteiger partial charge in [0.2, 0.25) is 0 Å². The maximum atomic E-state index is 6.12. The first kappa shape index (κ1) is 13.0. The summed E-state index contributed by atoms with van der Waals surface area (Å²) in [6.45, 7) is 0.602. The fourth-order valence-corrected chi connectivity index (χ4v) is 2.66. The lowest BCUT2D eigenvalue weighted by Crippen LogP contribution is -2.35. The molecule has 94 valence electrons. The van der Waals surface area contributed by atoms with Crippen LogP contribution in [0.25, 0.3) is 0 Å². The average Bonchev–Trinajstić information content (AvgIpc) is 2.52. The van der Waals surface area contributed by atoms with Gasteiger partial charge in [-0.1, -0.05) is 19.3 Å². The van der Waals surface area contributed by atoms with E-state index in [1.54, 1.807) is 6.20 Å². The number of hydrogen-bond donors (Lipinski definition) is 1. The van der Waals surface area contributed by atoms with Crippen LogP contribution in [0.5, 0.6) is 0 Å². The molecular formula is C13H19BrN2O. The molecule has 17 heavy (non-hydrogen) atoms. The fourth-order valence-electron chi connectivity index (χ4n) is 2.25. The number of aromatic nitrogens is 1. The lowest BCUT2D eigenvalue weighted by molar-refractivity contribution is 0.0193. The van der Waals surface area contributed by atoms with Gasteiger partial charge < -0.3 is 10.5 Å². The fraction of sp³-hybridized carbons (Fsp3) is 0.615. The SMILES string of the molecule is NC1CCCCCC1OCc1cncc(Br)c1. The molecule has 1 aromatic rings. The lowest BCUT2D eigenvalue weighted by Gasteiger charge is -2.21. The van der Waals surface area contributed by atoms with Crippen molar-refractivity contribution in [3.63, 3.8) is 0 Å². The molecule has 2 unspecified atom stereocenters. The maximum Gasteiger partial charge on any atom is 0.0736 e. The summed E-state index contributed by atoms with van der Waals surface area (Å²) in [7, 11) is 0. The first-order chi connectivity index (χ1) is 8.25. The molecule has 3 nitrogen and oxygen atoms in total. The van der Waals surface area contributed by atoms with E-state index in [-0.39, 0.29) is 12.1 Å². The standard InChI is InChI=1S/C13H19BrN2O/c14-11-6-10(7-16-8-11)9-17-13-5-3-1-2-4-12(13)15/h6-8,12-13H,1-5,9,15H2. The third kappa shape index (κ3) is 4.05. The predicted molar refractivity (Wildman–Crippen MR) is 71.6 cm³/mol. The number of rotatable bonds is 3. The molecule has 1 aromatic heterocycles. The second-order valence-corrected chi connectivity index (χ2v) is 5.58. The van der Waals surface area contributed by atoms with E-state index in [0.29, 0.717) is 6.61 Å². The summed E-state index contributed by atoms with van der Waals surface area (Å²) in [5.41, 5.74) is 7.22. The van der Waals surface area contributed by atoms with E-state index in [1.807, 2.05) is 12.3 Å². The zero-order valence-electron chi connectivity index (χ0n) is 9.94. The summed E-state index contributed by atoms with van der Waals surface area (Å²) in [6, 6.07) is 2.23. The van der Waals surface area contributed by atoms with Gasteiger partial charge in [-0.15, -0.1) is 0 Å². The molecule has 0 bridgehead atoms. The Labute approximate surface area is 111 Å². The molecule has 0 radical (unpaired) electrons. The van der Waals surface area contributed by atoms with Crippen molar-refractivity contribution in [1.82, 2.24) is 4.98 Å². The van der Waals surface area contributed by atoms with Gasteiger partial charge in [0.15, 0.2) is 0 Å². The Morgan fingerprint density at radius 2 is 2.12 bits per heavy atom. The van der Waals surface area contributed by atoms with Crippen molar-refractivity contribution in [1.29, 1.82) is 0 Å². The number of halogens is 1. The van der Waals surface area contributed by atoms with Gasteiger partial charge >= 0.3 is 0 Å². The number of nitrogens with two attached hydrogens (primary N) is 1. The van der Waals surface area contributed by atoms with Crippen LogP contribution in [-0.4, -0.2) is 17.1 Å². The Morgan fingerprint density at radius 1 is 1.29 bits per heavy atom. The van der Waals surface area contributed by atoms with E-state index in [0.717, 1.165) is 22.9 Å². The molecule has 2 rings (SSSR count). The smallest absolute Gasteiger partial charge is 0.0736 e. The van der Waals surface area contributed by atoms with Gasteiger partial charge in [-0.2, -0.15) is 0 Å². The molecule has 4 heteroatoms. The predicted octanol–water partition coefficient (Wildman–Crippen LogP) is 3.02. The van der Waals surface area contributed by atoms with Gasteiger partial charge in [0.25, 0.3) is 0 Å². The second-order valence-electron chi connectivity index (χ2n) is 4.66. The minimum atomic E-state index is 0.192. The third-order valence-electron chi connectivity index (χ3n) is 3.23. The highest BCUT2D eigenvalue weighted by atomic mass is 79.9. The topological polar surface area (TPSA) is 48.1 Å². The summed E-state index contributed by atoms with van der Waals surface area (Å²) in [6.07, 6.45) is 9.75. The molecule has 1 aliphatic rings. The van der Waals surface area contributed by atoms with Crippen molar-refractivity contribution in [2.24, 2.45) is 5.73 Å². The highest BCUT2D eigenvalue weighted by molar-refractivity contribution is 9.10. The molecule has 1 fully saturated rings. The molecule has 2 atom stereocenters. The largest absolute Gasteiger partial charge is 0.372 e. The van der Waals surface area contributed by atoms with Crippen LogP contribution in [0.15, 0.2) is 22.9 Å². The van der Waals surface area contributed by atoms with E-state index < -0.39 is 0 Å². The molecule has 1 aliphatic carbocycles. The van der Waals surface area contributed by atoms with Crippen LogP contribution in [0.1, 0.15) is 37.7 Å². The molecule has 0 amide bonds. The first-order valence-electron chi connectivity index (χ1n) is 6.22. The molecular weight excluding hydrogens is 280 g/mol. The number of nitrogens with zero attached hydrogens (tertiary/aromatic N) is 1. The minimum absolute atomic E-state index is 0.192. The van der Waals surface area contributed by atoms with Crippen LogP contribution in [0.4, 0.5) is 0 Å². The second kappa shape index (κ2) is 6.47. The summed E-state index contributed by atoms with van der Waals surface area (Å²) >= 11 is 3.41. The van der Waals surface area contributed by atoms with Gasteiger partial charge in [0.1, 0.15) is 0 Å². The zero-order valence-corrected chi connectivity index (χ0v) is 11.5. The van der Waals surface area contributed by atoms with Crippen molar-refractivity contribution < 1.29 is 4.74 Å². The Hall–Kier alpha value is -0.450. The Balaban J connectivity index is 1.88. The van der Waals surface area contributed by atoms with E-state index in [9.17, 15) is 0 Å². The van der Waals surface area contributed by atoms with E-state index in [1.165, 1.54) is 19.3 Å². The van der Waals surface area contributed by atoms with Crippen molar-refractivity contribution in [2.45, 2.75) is 50.9 Å². The summed E-state index contributed by atoms with van der Waals surface area (Å²) in [5, 5.41) is 0. The van der Waals surface area contributed by atoms with E-state index >= 15 is 0 Å². The molecule has 0 saturated heterocycles. The normalized spacial score (nSPS) is 25.5. The number of hydrogen-bond acceptors (Lipinski definition) is 3. The van der Waals surface area contributed by atoms with Crippen LogP contribution < -0.4 is 5.73 Å². The minimum Gasteiger partial charge on any atom is -0.372 e. The number of pyridine rings is 1. The molecule has 2 N–H and O–H groups in total. The Kier molecular flexibility index (Phi) is 4.95. The van der Waals surface area contributed by atoms with Crippen LogP contribution >= 0.6 is 15.9 Å². The van der Waals surface area contributed by atoms with Crippen LogP contribution in [0.2, 0.25) is 0 Å². The van der Waals surface area contributed by atoms with Crippen molar-refractivity contribution in [3.05, 3.63) is 28.5 Å². The quantitative estimate of drug-likeness (QED) is 0.873. The first-order valence-corrected chi connectivity index (χ1v) is 7.01. The third-order valence-corrected chi connectivity index (χ3v) is 3.66. The molecule has 0 aliphatic heterocycles. The zero-order chi connectivity index (χ0) is 12.1. The summed E-state index contributed by atoms with van der Waals surface area (Å²) in [4.78, 5) is 4.13. The maximum absolute atomic E-state index is 6.12. The van der Waals surface area contributed by atoms with Gasteiger partial charge in [-0.25, -0.2) is 0 Å². The molecule has 0 aromatic carbocycles. The van der Waals surface area contributed by atoms with Gasteiger partial charge in [-0.3, -0.25) is 4.98 Å². The van der Waals surface area contributed by atoms with Gasteiger partial charge in [0, 0.05) is 22.9 Å². The van der Waals surface area contributed by atoms with E-state index in [4.69, 9.17) is 10.5 Å². The van der Waals surface area contributed by atoms with Crippen LogP contribution in [0.3, 0.4) is 0 Å². The van der Waals surface area contributed by atoms with Crippen molar-refractivity contribution >= 4 is 15.9 Å². The highest BCUT2D eigenvalue weighted by Crippen LogP contribution is 2.20. The average molecular weight is 299 g/mol. The summed E-state index contributed by atoms with van der Waals surface area (Å²) in [5.74, 6) is 0. The molecule has 1 heterocycles.